The van der Waals surface area contributed by atoms with Crippen LogP contribution in [0.2, 0.25) is 0 Å². The van der Waals surface area contributed by atoms with E-state index in [9.17, 15) is 5.11 Å². The SMILES string of the molecule is CC(C)NC(C)(CO)CC(C)N1CCC(N(C)C)C1. The number of likely N-dealkylation sites (tertiary alicyclic amines) is 1. The van der Waals surface area contributed by atoms with Crippen molar-refractivity contribution in [1.82, 2.24) is 15.1 Å². The molecule has 1 rings (SSSR count). The van der Waals surface area contributed by atoms with Crippen LogP contribution in [0.1, 0.15) is 40.5 Å². The molecule has 1 fully saturated rings. The van der Waals surface area contributed by atoms with E-state index in [0.29, 0.717) is 18.1 Å². The molecule has 0 spiro atoms. The van der Waals surface area contributed by atoms with Crippen LogP contribution < -0.4 is 5.32 Å². The van der Waals surface area contributed by atoms with Gasteiger partial charge in [0.1, 0.15) is 0 Å². The molecule has 2 N–H and O–H groups in total. The van der Waals surface area contributed by atoms with Gasteiger partial charge in [-0.3, -0.25) is 4.90 Å². The lowest BCUT2D eigenvalue weighted by molar-refractivity contribution is 0.116. The van der Waals surface area contributed by atoms with Gasteiger partial charge in [-0.1, -0.05) is 13.8 Å². The van der Waals surface area contributed by atoms with Crippen molar-refractivity contribution in [3.8, 4) is 0 Å². The Hall–Kier alpha value is -0.160. The molecule has 114 valence electrons. The van der Waals surface area contributed by atoms with Gasteiger partial charge in [0.05, 0.1) is 6.61 Å². The average Bonchev–Trinajstić information content (AvgIpc) is 2.77. The number of aliphatic hydroxyl groups is 1. The molecule has 0 amide bonds. The van der Waals surface area contributed by atoms with Crippen molar-refractivity contribution in [2.45, 2.75) is 64.2 Å². The van der Waals surface area contributed by atoms with Crippen molar-refractivity contribution >= 4 is 0 Å². The van der Waals surface area contributed by atoms with Crippen LogP contribution in [0.4, 0.5) is 0 Å². The molecule has 4 nitrogen and oxygen atoms in total. The standard InChI is InChI=1S/C15H33N3O/c1-12(2)16-15(4,11-19)9-13(3)18-8-7-14(10-18)17(5)6/h12-14,16,19H,7-11H2,1-6H3. The summed E-state index contributed by atoms with van der Waals surface area (Å²) in [6.07, 6.45) is 2.24. The van der Waals surface area contributed by atoms with E-state index in [1.54, 1.807) is 0 Å². The third-order valence-corrected chi connectivity index (χ3v) is 4.28. The maximum absolute atomic E-state index is 9.68. The summed E-state index contributed by atoms with van der Waals surface area (Å²) in [5.41, 5.74) is -0.177. The number of nitrogens with one attached hydrogen (secondary N) is 1. The summed E-state index contributed by atoms with van der Waals surface area (Å²) in [5, 5.41) is 13.2. The van der Waals surface area contributed by atoms with Gasteiger partial charge in [-0.2, -0.15) is 0 Å². The Morgan fingerprint density at radius 1 is 1.37 bits per heavy atom. The van der Waals surface area contributed by atoms with Gasteiger partial charge in [0.25, 0.3) is 0 Å². The fourth-order valence-corrected chi connectivity index (χ4v) is 3.24. The first-order chi connectivity index (χ1) is 8.77. The van der Waals surface area contributed by atoms with Gasteiger partial charge >= 0.3 is 0 Å². The lowest BCUT2D eigenvalue weighted by Gasteiger charge is -2.36. The molecular formula is C15H33N3O. The van der Waals surface area contributed by atoms with Crippen molar-refractivity contribution in [3.63, 3.8) is 0 Å². The lowest BCUT2D eigenvalue weighted by atomic mass is 9.93. The summed E-state index contributed by atoms with van der Waals surface area (Å²) in [6, 6.07) is 1.59. The number of nitrogens with zero attached hydrogens (tertiary/aromatic N) is 2. The normalized spacial score (nSPS) is 26.1. The van der Waals surface area contributed by atoms with E-state index in [1.165, 1.54) is 13.0 Å². The minimum absolute atomic E-state index is 0.177. The monoisotopic (exact) mass is 271 g/mol. The molecule has 0 aromatic rings. The molecule has 3 unspecified atom stereocenters. The molecule has 1 aliphatic rings. The molecule has 0 aliphatic carbocycles. The largest absolute Gasteiger partial charge is 0.394 e. The zero-order valence-electron chi connectivity index (χ0n) is 13.6. The maximum atomic E-state index is 9.68. The van der Waals surface area contributed by atoms with E-state index in [1.807, 2.05) is 0 Å². The first kappa shape index (κ1) is 16.9. The molecule has 3 atom stereocenters. The summed E-state index contributed by atoms with van der Waals surface area (Å²) in [4.78, 5) is 4.88. The number of hydrogen-bond acceptors (Lipinski definition) is 4. The number of aliphatic hydroxyl groups excluding tert-OH is 1. The molecule has 1 heterocycles. The van der Waals surface area contributed by atoms with Crippen LogP contribution >= 0.6 is 0 Å². The summed E-state index contributed by atoms with van der Waals surface area (Å²) >= 11 is 0. The Kier molecular flexibility index (Phi) is 6.24. The van der Waals surface area contributed by atoms with Crippen LogP contribution in [-0.4, -0.2) is 72.4 Å². The minimum atomic E-state index is -0.177. The molecule has 0 bridgehead atoms. The van der Waals surface area contributed by atoms with Crippen LogP contribution in [0.25, 0.3) is 0 Å². The van der Waals surface area contributed by atoms with E-state index in [2.05, 4.69) is 56.9 Å². The number of hydrogen-bond donors (Lipinski definition) is 2. The average molecular weight is 271 g/mol. The Bertz CT molecular complexity index is 270. The summed E-state index contributed by atoms with van der Waals surface area (Å²) in [7, 11) is 4.33. The summed E-state index contributed by atoms with van der Waals surface area (Å²) in [5.74, 6) is 0. The second kappa shape index (κ2) is 7.02. The van der Waals surface area contributed by atoms with E-state index in [-0.39, 0.29) is 12.1 Å². The molecule has 4 heteroatoms. The van der Waals surface area contributed by atoms with Crippen molar-refractivity contribution in [3.05, 3.63) is 0 Å². The van der Waals surface area contributed by atoms with E-state index in [4.69, 9.17) is 0 Å². The third kappa shape index (κ3) is 5.03. The van der Waals surface area contributed by atoms with Crippen LogP contribution in [0.3, 0.4) is 0 Å². The molecule has 1 aliphatic heterocycles. The van der Waals surface area contributed by atoms with Crippen molar-refractivity contribution in [2.24, 2.45) is 0 Å². The minimum Gasteiger partial charge on any atom is -0.394 e. The zero-order chi connectivity index (χ0) is 14.6. The van der Waals surface area contributed by atoms with Crippen LogP contribution in [0.5, 0.6) is 0 Å². The van der Waals surface area contributed by atoms with Gasteiger partial charge in [-0.15, -0.1) is 0 Å². The van der Waals surface area contributed by atoms with Gasteiger partial charge in [-0.25, -0.2) is 0 Å². The zero-order valence-corrected chi connectivity index (χ0v) is 13.6. The lowest BCUT2D eigenvalue weighted by Crippen LogP contribution is -2.53. The molecular weight excluding hydrogens is 238 g/mol. The van der Waals surface area contributed by atoms with Crippen molar-refractivity contribution < 1.29 is 5.11 Å². The first-order valence-corrected chi connectivity index (χ1v) is 7.56. The molecule has 0 radical (unpaired) electrons. The second-order valence-electron chi connectivity index (χ2n) is 6.97. The number of rotatable bonds is 7. The summed E-state index contributed by atoms with van der Waals surface area (Å²) < 4.78 is 0. The predicted octanol–water partition coefficient (Wildman–Crippen LogP) is 1.15. The van der Waals surface area contributed by atoms with Gasteiger partial charge in [-0.05, 0) is 40.8 Å². The third-order valence-electron chi connectivity index (χ3n) is 4.28. The quantitative estimate of drug-likeness (QED) is 0.728. The van der Waals surface area contributed by atoms with Gasteiger partial charge in [0, 0.05) is 36.8 Å². The van der Waals surface area contributed by atoms with Crippen LogP contribution in [0, 0.1) is 0 Å². The van der Waals surface area contributed by atoms with Crippen LogP contribution in [0.15, 0.2) is 0 Å². The first-order valence-electron chi connectivity index (χ1n) is 7.56. The fourth-order valence-electron chi connectivity index (χ4n) is 3.24. The number of likely N-dealkylation sites (N-methyl/N-ethyl adjacent to an activating group) is 1. The van der Waals surface area contributed by atoms with Gasteiger partial charge < -0.3 is 15.3 Å². The Morgan fingerprint density at radius 3 is 2.42 bits per heavy atom. The van der Waals surface area contributed by atoms with Gasteiger partial charge in [0.2, 0.25) is 0 Å². The fraction of sp³-hybridized carbons (Fsp3) is 1.00. The maximum Gasteiger partial charge on any atom is 0.0611 e. The molecule has 0 aromatic carbocycles. The van der Waals surface area contributed by atoms with Crippen molar-refractivity contribution in [2.75, 3.05) is 33.8 Å². The smallest absolute Gasteiger partial charge is 0.0611 e. The van der Waals surface area contributed by atoms with Crippen molar-refractivity contribution in [1.29, 1.82) is 0 Å². The van der Waals surface area contributed by atoms with Crippen LogP contribution in [-0.2, 0) is 0 Å². The highest BCUT2D eigenvalue weighted by molar-refractivity contribution is 4.91. The molecule has 0 saturated carbocycles. The Labute approximate surface area is 119 Å². The second-order valence-corrected chi connectivity index (χ2v) is 6.97. The summed E-state index contributed by atoms with van der Waals surface area (Å²) in [6.45, 7) is 11.2. The highest BCUT2D eigenvalue weighted by Gasteiger charge is 2.32. The van der Waals surface area contributed by atoms with E-state index >= 15 is 0 Å². The molecule has 19 heavy (non-hydrogen) atoms. The van der Waals surface area contributed by atoms with Gasteiger partial charge in [0.15, 0.2) is 0 Å². The molecule has 0 aromatic heterocycles. The highest BCUT2D eigenvalue weighted by atomic mass is 16.3. The predicted molar refractivity (Wildman–Crippen MR) is 81.5 cm³/mol. The molecule has 1 saturated heterocycles. The highest BCUT2D eigenvalue weighted by Crippen LogP contribution is 2.22. The Balaban J connectivity index is 2.52. The topological polar surface area (TPSA) is 38.7 Å². The Morgan fingerprint density at radius 2 is 2.00 bits per heavy atom. The van der Waals surface area contributed by atoms with E-state index in [0.717, 1.165) is 13.0 Å². The van der Waals surface area contributed by atoms with E-state index < -0.39 is 0 Å².